The minimum absolute atomic E-state index is 0.549. The Labute approximate surface area is 58.4 Å². The van der Waals surface area contributed by atoms with Gasteiger partial charge in [0.2, 0.25) is 0 Å². The second-order valence-electron chi connectivity index (χ2n) is 1.37. The van der Waals surface area contributed by atoms with Gasteiger partial charge in [0.1, 0.15) is 0 Å². The molecule has 0 unspecified atom stereocenters. The van der Waals surface area contributed by atoms with Crippen molar-refractivity contribution in [3.05, 3.63) is 12.3 Å². The summed E-state index contributed by atoms with van der Waals surface area (Å²) < 4.78 is 0. The molecule has 0 amide bonds. The molecular formula is C5H7NO2S. The molecule has 0 aromatic carbocycles. The van der Waals surface area contributed by atoms with Crippen LogP contribution in [0.2, 0.25) is 0 Å². The monoisotopic (exact) mass is 145 g/mol. The number of carboxylic acids is 1. The molecule has 0 aliphatic rings. The largest absolute Gasteiger partial charge is 0.478 e. The van der Waals surface area contributed by atoms with E-state index in [0.717, 1.165) is 6.08 Å². The van der Waals surface area contributed by atoms with Gasteiger partial charge in [-0.1, -0.05) is 12.2 Å². The van der Waals surface area contributed by atoms with Gasteiger partial charge in [-0.15, -0.1) is 0 Å². The average Bonchev–Trinajstić information content (AvgIpc) is 1.63. The zero-order valence-electron chi connectivity index (χ0n) is 4.92. The second-order valence-corrected chi connectivity index (χ2v) is 1.98. The van der Waals surface area contributed by atoms with Gasteiger partial charge >= 0.3 is 5.97 Å². The fraction of sp³-hybridized carbons (Fsp3) is 0.200. The molecule has 0 bridgehead atoms. The molecule has 9 heavy (non-hydrogen) atoms. The Morgan fingerprint density at radius 1 is 1.78 bits per heavy atom. The Bertz CT molecular complexity index is 153. The van der Waals surface area contributed by atoms with Crippen LogP contribution in [0.25, 0.3) is 0 Å². The Morgan fingerprint density at radius 2 is 2.33 bits per heavy atom. The number of carboxylic acid groups (broad SMARTS) is 1. The first kappa shape index (κ1) is 8.10. The third-order valence-corrected chi connectivity index (χ3v) is 0.630. The number of rotatable bonds is 2. The van der Waals surface area contributed by atoms with Gasteiger partial charge < -0.3 is 10.4 Å². The van der Waals surface area contributed by atoms with Crippen molar-refractivity contribution in [2.75, 3.05) is 0 Å². The second kappa shape index (κ2) is 4.03. The van der Waals surface area contributed by atoms with Gasteiger partial charge in [-0.3, -0.25) is 0 Å². The van der Waals surface area contributed by atoms with E-state index in [1.165, 1.54) is 6.20 Å². The predicted octanol–water partition coefficient (Wildman–Crippen LogP) is 0.522. The van der Waals surface area contributed by atoms with E-state index < -0.39 is 5.97 Å². The van der Waals surface area contributed by atoms with E-state index in [9.17, 15) is 4.79 Å². The SMILES string of the molecule is CC(=S)N/C=C/C(=O)O. The molecular weight excluding hydrogens is 138 g/mol. The first-order chi connectivity index (χ1) is 4.13. The van der Waals surface area contributed by atoms with Crippen molar-refractivity contribution in [1.29, 1.82) is 0 Å². The summed E-state index contributed by atoms with van der Waals surface area (Å²) in [5.41, 5.74) is 0. The zero-order chi connectivity index (χ0) is 7.28. The van der Waals surface area contributed by atoms with E-state index in [1.54, 1.807) is 6.92 Å². The topological polar surface area (TPSA) is 49.3 Å². The van der Waals surface area contributed by atoms with Crippen LogP contribution in [0.1, 0.15) is 6.92 Å². The van der Waals surface area contributed by atoms with Crippen molar-refractivity contribution in [3.63, 3.8) is 0 Å². The van der Waals surface area contributed by atoms with Gasteiger partial charge in [0.05, 0.1) is 4.99 Å². The van der Waals surface area contributed by atoms with Gasteiger partial charge in [0, 0.05) is 12.3 Å². The summed E-state index contributed by atoms with van der Waals surface area (Å²) in [4.78, 5) is 10.4. The van der Waals surface area contributed by atoms with Gasteiger partial charge in [-0.05, 0) is 6.92 Å². The molecule has 2 N–H and O–H groups in total. The quantitative estimate of drug-likeness (QED) is 0.439. The summed E-state index contributed by atoms with van der Waals surface area (Å²) in [6, 6.07) is 0. The summed E-state index contributed by atoms with van der Waals surface area (Å²) in [7, 11) is 0. The Morgan fingerprint density at radius 3 is 2.67 bits per heavy atom. The number of carbonyl (C=O) groups is 1. The molecule has 0 radical (unpaired) electrons. The molecule has 4 heteroatoms. The molecule has 0 heterocycles. The molecule has 50 valence electrons. The molecule has 0 aliphatic carbocycles. The fourth-order valence-electron chi connectivity index (χ4n) is 0.230. The van der Waals surface area contributed by atoms with Crippen LogP contribution in [0.3, 0.4) is 0 Å². The molecule has 0 rings (SSSR count). The fourth-order valence-corrected chi connectivity index (χ4v) is 0.298. The maximum absolute atomic E-state index is 9.81. The van der Waals surface area contributed by atoms with Crippen LogP contribution in [-0.4, -0.2) is 16.1 Å². The van der Waals surface area contributed by atoms with Crippen molar-refractivity contribution in [1.82, 2.24) is 5.32 Å². The predicted molar refractivity (Wildman–Crippen MR) is 38.2 cm³/mol. The molecule has 0 fully saturated rings. The minimum atomic E-state index is -0.987. The smallest absolute Gasteiger partial charge is 0.329 e. The molecule has 0 aromatic heterocycles. The van der Waals surface area contributed by atoms with E-state index in [0.29, 0.717) is 4.99 Å². The van der Waals surface area contributed by atoms with Crippen molar-refractivity contribution < 1.29 is 9.90 Å². The Balaban J connectivity index is 3.48. The van der Waals surface area contributed by atoms with Crippen LogP contribution in [0.4, 0.5) is 0 Å². The van der Waals surface area contributed by atoms with Crippen molar-refractivity contribution >= 4 is 23.2 Å². The van der Waals surface area contributed by atoms with E-state index in [4.69, 9.17) is 5.11 Å². The van der Waals surface area contributed by atoms with E-state index in [-0.39, 0.29) is 0 Å². The standard InChI is InChI=1S/C5H7NO2S/c1-4(9)6-3-2-5(7)8/h2-3H,1H3,(H,6,9)(H,7,8)/b3-2+. The summed E-state index contributed by atoms with van der Waals surface area (Å²) in [6.45, 7) is 1.67. The Kier molecular flexibility index (Phi) is 3.62. The highest BCUT2D eigenvalue weighted by atomic mass is 32.1. The number of thiocarbonyl (C=S) groups is 1. The Hall–Kier alpha value is -0.900. The molecule has 0 aromatic rings. The number of hydrogen-bond acceptors (Lipinski definition) is 2. The molecule has 0 aliphatic heterocycles. The van der Waals surface area contributed by atoms with Gasteiger partial charge in [0.25, 0.3) is 0 Å². The maximum Gasteiger partial charge on any atom is 0.329 e. The molecule has 0 atom stereocenters. The van der Waals surface area contributed by atoms with E-state index in [1.807, 2.05) is 0 Å². The first-order valence-electron chi connectivity index (χ1n) is 2.29. The van der Waals surface area contributed by atoms with Crippen LogP contribution < -0.4 is 5.32 Å². The van der Waals surface area contributed by atoms with Crippen LogP contribution in [0, 0.1) is 0 Å². The number of hydrogen-bond donors (Lipinski definition) is 2. The highest BCUT2D eigenvalue weighted by Crippen LogP contribution is 1.70. The highest BCUT2D eigenvalue weighted by Gasteiger charge is 1.82. The number of aliphatic carboxylic acids is 1. The van der Waals surface area contributed by atoms with Crippen LogP contribution in [-0.2, 0) is 4.79 Å². The van der Waals surface area contributed by atoms with Crippen LogP contribution >= 0.6 is 12.2 Å². The highest BCUT2D eigenvalue weighted by molar-refractivity contribution is 7.80. The van der Waals surface area contributed by atoms with E-state index >= 15 is 0 Å². The lowest BCUT2D eigenvalue weighted by molar-refractivity contribution is -0.131. The third kappa shape index (κ3) is 7.10. The first-order valence-corrected chi connectivity index (χ1v) is 2.70. The molecule has 0 spiro atoms. The normalized spacial score (nSPS) is 9.44. The minimum Gasteiger partial charge on any atom is -0.478 e. The van der Waals surface area contributed by atoms with Gasteiger partial charge in [0.15, 0.2) is 0 Å². The lowest BCUT2D eigenvalue weighted by Crippen LogP contribution is -2.09. The van der Waals surface area contributed by atoms with Crippen molar-refractivity contribution in [2.24, 2.45) is 0 Å². The van der Waals surface area contributed by atoms with Crippen LogP contribution in [0.5, 0.6) is 0 Å². The lowest BCUT2D eigenvalue weighted by Gasteiger charge is -1.90. The summed E-state index contributed by atoms with van der Waals surface area (Å²) in [6.07, 6.45) is 2.26. The molecule has 3 nitrogen and oxygen atoms in total. The molecule has 0 saturated heterocycles. The van der Waals surface area contributed by atoms with Gasteiger partial charge in [-0.25, -0.2) is 4.79 Å². The lowest BCUT2D eigenvalue weighted by atomic mass is 10.6. The van der Waals surface area contributed by atoms with E-state index in [2.05, 4.69) is 17.5 Å². The van der Waals surface area contributed by atoms with Crippen molar-refractivity contribution in [3.8, 4) is 0 Å². The molecule has 0 saturated carbocycles. The van der Waals surface area contributed by atoms with Gasteiger partial charge in [-0.2, -0.15) is 0 Å². The van der Waals surface area contributed by atoms with Crippen molar-refractivity contribution in [2.45, 2.75) is 6.92 Å². The maximum atomic E-state index is 9.81. The van der Waals surface area contributed by atoms with Crippen LogP contribution in [0.15, 0.2) is 12.3 Å². The summed E-state index contributed by atoms with van der Waals surface area (Å²) in [5, 5.41) is 10.6. The average molecular weight is 145 g/mol. The zero-order valence-corrected chi connectivity index (χ0v) is 5.73. The third-order valence-electron chi connectivity index (χ3n) is 0.513. The summed E-state index contributed by atoms with van der Waals surface area (Å²) in [5.74, 6) is -0.987. The number of nitrogens with one attached hydrogen (secondary N) is 1. The summed E-state index contributed by atoms with van der Waals surface area (Å²) >= 11 is 4.59.